The number of hydrogen-bond acceptors (Lipinski definition) is 2. The van der Waals surface area contributed by atoms with Crippen molar-refractivity contribution >= 4 is 0 Å². The maximum Gasteiger partial charge on any atom is 0.0831 e. The molecule has 0 aromatic heterocycles. The minimum absolute atomic E-state index is 0.521. The Balaban J connectivity index is 1.61. The zero-order valence-corrected chi connectivity index (χ0v) is 10.6. The minimum Gasteiger partial charge on any atom is -0.381 e. The van der Waals surface area contributed by atoms with Gasteiger partial charge in [-0.1, -0.05) is 51.9 Å². The largest absolute Gasteiger partial charge is 0.381 e. The summed E-state index contributed by atoms with van der Waals surface area (Å²) in [5, 5.41) is 0. The van der Waals surface area contributed by atoms with E-state index in [0.717, 1.165) is 32.7 Å². The van der Waals surface area contributed by atoms with Crippen LogP contribution in [0.25, 0.3) is 0 Å². The molecule has 1 aliphatic heterocycles. The van der Waals surface area contributed by atoms with Gasteiger partial charge in [0, 0.05) is 13.2 Å². The Labute approximate surface area is 101 Å². The highest BCUT2D eigenvalue weighted by atomic mass is 16.6. The fourth-order valence-corrected chi connectivity index (χ4v) is 1.82. The van der Waals surface area contributed by atoms with E-state index in [9.17, 15) is 0 Å². The molecule has 1 unspecified atom stereocenters. The Morgan fingerprint density at radius 1 is 0.938 bits per heavy atom. The number of rotatable bonds is 12. The van der Waals surface area contributed by atoms with E-state index < -0.39 is 0 Å². The van der Waals surface area contributed by atoms with Crippen molar-refractivity contribution in [1.82, 2.24) is 0 Å². The molecule has 1 fully saturated rings. The van der Waals surface area contributed by atoms with E-state index in [1.165, 1.54) is 44.9 Å². The minimum atomic E-state index is 0.521. The number of epoxide rings is 1. The van der Waals surface area contributed by atoms with Gasteiger partial charge in [0.25, 0.3) is 0 Å². The van der Waals surface area contributed by atoms with Crippen LogP contribution in [0.4, 0.5) is 0 Å². The Bertz CT molecular complexity index is 144. The molecule has 1 saturated heterocycles. The molecule has 2 heteroatoms. The third-order valence-corrected chi connectivity index (χ3v) is 3.03. The van der Waals surface area contributed by atoms with Gasteiger partial charge in [-0.3, -0.25) is 0 Å². The SMILES string of the molecule is [CH2]CCCCCCCCCOCCC1CO1. The summed E-state index contributed by atoms with van der Waals surface area (Å²) in [4.78, 5) is 0. The van der Waals surface area contributed by atoms with Crippen molar-refractivity contribution in [2.45, 2.75) is 63.9 Å². The zero-order valence-electron chi connectivity index (χ0n) is 10.6. The van der Waals surface area contributed by atoms with Crippen LogP contribution in [0, 0.1) is 6.92 Å². The van der Waals surface area contributed by atoms with E-state index in [-0.39, 0.29) is 0 Å². The number of hydrogen-bond donors (Lipinski definition) is 0. The van der Waals surface area contributed by atoms with Crippen LogP contribution in [0.5, 0.6) is 0 Å². The molecule has 95 valence electrons. The number of ether oxygens (including phenoxy) is 2. The third-order valence-electron chi connectivity index (χ3n) is 3.03. The first-order chi connectivity index (χ1) is 7.93. The van der Waals surface area contributed by atoms with Gasteiger partial charge < -0.3 is 9.47 Å². The van der Waals surface area contributed by atoms with Crippen LogP contribution in [0.1, 0.15) is 57.8 Å². The summed E-state index contributed by atoms with van der Waals surface area (Å²) in [6.45, 7) is 6.63. The molecule has 1 radical (unpaired) electrons. The molecule has 1 aliphatic rings. The van der Waals surface area contributed by atoms with Crippen LogP contribution in [0.3, 0.4) is 0 Å². The summed E-state index contributed by atoms with van der Waals surface area (Å²) in [5.74, 6) is 0. The maximum atomic E-state index is 5.54. The fourth-order valence-electron chi connectivity index (χ4n) is 1.82. The predicted molar refractivity (Wildman–Crippen MR) is 67.5 cm³/mol. The Morgan fingerprint density at radius 2 is 1.56 bits per heavy atom. The summed E-state index contributed by atoms with van der Waals surface area (Å²) in [7, 11) is 0. The summed E-state index contributed by atoms with van der Waals surface area (Å²) >= 11 is 0. The predicted octanol–water partition coefficient (Wildman–Crippen LogP) is 3.75. The highest BCUT2D eigenvalue weighted by Gasteiger charge is 2.21. The van der Waals surface area contributed by atoms with E-state index in [1.807, 2.05) is 0 Å². The van der Waals surface area contributed by atoms with Crippen molar-refractivity contribution in [3.05, 3.63) is 6.92 Å². The molecule has 0 aromatic carbocycles. The first-order valence-corrected chi connectivity index (χ1v) is 6.92. The molecule has 16 heavy (non-hydrogen) atoms. The molecule has 0 bridgehead atoms. The molecule has 0 N–H and O–H groups in total. The maximum absolute atomic E-state index is 5.54. The average Bonchev–Trinajstić information content (AvgIpc) is 3.10. The standard InChI is InChI=1S/C14H27O2/c1-2-3-4-5-6-7-8-9-11-15-12-10-14-13-16-14/h14H,1-13H2. The van der Waals surface area contributed by atoms with Gasteiger partial charge in [0.1, 0.15) is 0 Å². The van der Waals surface area contributed by atoms with Gasteiger partial charge in [0.2, 0.25) is 0 Å². The number of unbranched alkanes of at least 4 members (excludes halogenated alkanes) is 7. The average molecular weight is 227 g/mol. The molecule has 1 atom stereocenters. The van der Waals surface area contributed by atoms with E-state index in [2.05, 4.69) is 6.92 Å². The molecule has 0 aromatic rings. The highest BCUT2D eigenvalue weighted by Crippen LogP contribution is 2.13. The van der Waals surface area contributed by atoms with Gasteiger partial charge in [-0.15, -0.1) is 0 Å². The Hall–Kier alpha value is -0.0800. The normalized spacial score (nSPS) is 18.9. The van der Waals surface area contributed by atoms with Crippen LogP contribution in [0.2, 0.25) is 0 Å². The Morgan fingerprint density at radius 3 is 2.19 bits per heavy atom. The van der Waals surface area contributed by atoms with Crippen LogP contribution >= 0.6 is 0 Å². The smallest absolute Gasteiger partial charge is 0.0831 e. The molecule has 0 amide bonds. The fraction of sp³-hybridized carbons (Fsp3) is 0.929. The van der Waals surface area contributed by atoms with Crippen LogP contribution in [0.15, 0.2) is 0 Å². The quantitative estimate of drug-likeness (QED) is 0.374. The van der Waals surface area contributed by atoms with Crippen molar-refractivity contribution in [2.75, 3.05) is 19.8 Å². The lowest BCUT2D eigenvalue weighted by molar-refractivity contribution is 0.121. The molecule has 0 aliphatic carbocycles. The highest BCUT2D eigenvalue weighted by molar-refractivity contribution is 4.67. The molecular formula is C14H27O2. The molecule has 1 heterocycles. The van der Waals surface area contributed by atoms with Gasteiger partial charge in [0.05, 0.1) is 12.7 Å². The second-order valence-electron chi connectivity index (χ2n) is 4.68. The summed E-state index contributed by atoms with van der Waals surface area (Å²) in [6.07, 6.45) is 12.0. The lowest BCUT2D eigenvalue weighted by atomic mass is 10.1. The van der Waals surface area contributed by atoms with Crippen molar-refractivity contribution in [1.29, 1.82) is 0 Å². The summed E-state index contributed by atoms with van der Waals surface area (Å²) in [6, 6.07) is 0. The second kappa shape index (κ2) is 10.1. The zero-order chi connectivity index (χ0) is 11.5. The molecule has 2 nitrogen and oxygen atoms in total. The lowest BCUT2D eigenvalue weighted by Gasteiger charge is -2.03. The Kier molecular flexibility index (Phi) is 8.83. The van der Waals surface area contributed by atoms with Crippen LogP contribution in [-0.4, -0.2) is 25.9 Å². The third kappa shape index (κ3) is 9.17. The van der Waals surface area contributed by atoms with Crippen molar-refractivity contribution in [2.24, 2.45) is 0 Å². The van der Waals surface area contributed by atoms with Crippen molar-refractivity contribution in [3.63, 3.8) is 0 Å². The van der Waals surface area contributed by atoms with E-state index in [0.29, 0.717) is 6.10 Å². The first-order valence-electron chi connectivity index (χ1n) is 6.92. The monoisotopic (exact) mass is 227 g/mol. The van der Waals surface area contributed by atoms with E-state index >= 15 is 0 Å². The van der Waals surface area contributed by atoms with E-state index in [1.54, 1.807) is 0 Å². The van der Waals surface area contributed by atoms with Crippen LogP contribution < -0.4 is 0 Å². The van der Waals surface area contributed by atoms with Crippen LogP contribution in [-0.2, 0) is 9.47 Å². The lowest BCUT2D eigenvalue weighted by Crippen LogP contribution is -2.00. The van der Waals surface area contributed by atoms with Crippen molar-refractivity contribution in [3.8, 4) is 0 Å². The van der Waals surface area contributed by atoms with Gasteiger partial charge in [-0.2, -0.15) is 0 Å². The summed E-state index contributed by atoms with van der Waals surface area (Å²) in [5.41, 5.74) is 0. The molecule has 0 spiro atoms. The summed E-state index contributed by atoms with van der Waals surface area (Å²) < 4.78 is 10.7. The van der Waals surface area contributed by atoms with E-state index in [4.69, 9.17) is 9.47 Å². The molecular weight excluding hydrogens is 200 g/mol. The van der Waals surface area contributed by atoms with Gasteiger partial charge in [-0.05, 0) is 12.8 Å². The molecule has 1 rings (SSSR count). The van der Waals surface area contributed by atoms with Crippen molar-refractivity contribution < 1.29 is 9.47 Å². The first kappa shape index (κ1) is 14.0. The topological polar surface area (TPSA) is 21.8 Å². The van der Waals surface area contributed by atoms with Gasteiger partial charge >= 0.3 is 0 Å². The molecule has 0 saturated carbocycles. The second-order valence-corrected chi connectivity index (χ2v) is 4.68. The van der Waals surface area contributed by atoms with Gasteiger partial charge in [0.15, 0.2) is 0 Å². The van der Waals surface area contributed by atoms with Gasteiger partial charge in [-0.25, -0.2) is 0 Å².